The molecular formula is C30H21ClN2O3S. The number of amides is 2. The van der Waals surface area contributed by atoms with Crippen LogP contribution in [0.1, 0.15) is 11.1 Å². The van der Waals surface area contributed by atoms with E-state index in [1.807, 2.05) is 60.7 Å². The van der Waals surface area contributed by atoms with Crippen LogP contribution >= 0.6 is 23.8 Å². The van der Waals surface area contributed by atoms with Gasteiger partial charge in [0, 0.05) is 10.6 Å². The molecule has 0 radical (unpaired) electrons. The predicted octanol–water partition coefficient (Wildman–Crippen LogP) is 6.67. The van der Waals surface area contributed by atoms with E-state index in [0.717, 1.165) is 5.56 Å². The van der Waals surface area contributed by atoms with Gasteiger partial charge in [-0.25, -0.2) is 0 Å². The van der Waals surface area contributed by atoms with Gasteiger partial charge in [-0.2, -0.15) is 0 Å². The lowest BCUT2D eigenvalue weighted by atomic mass is 10.0. The van der Waals surface area contributed by atoms with Crippen LogP contribution in [0.3, 0.4) is 0 Å². The maximum Gasteiger partial charge on any atom is 0.270 e. The Bertz CT molecular complexity index is 1430. The number of para-hydroxylation sites is 2. The normalized spacial score (nSPS) is 13.6. The van der Waals surface area contributed by atoms with Crippen molar-refractivity contribution in [3.8, 4) is 5.75 Å². The average molecular weight is 525 g/mol. The summed E-state index contributed by atoms with van der Waals surface area (Å²) in [6.45, 7) is 0.326. The molecule has 1 aliphatic heterocycles. The second kappa shape index (κ2) is 10.8. The van der Waals surface area contributed by atoms with Crippen molar-refractivity contribution in [3.63, 3.8) is 0 Å². The highest BCUT2D eigenvalue weighted by Gasteiger charge is 2.41. The van der Waals surface area contributed by atoms with Gasteiger partial charge in [0.25, 0.3) is 11.8 Å². The highest BCUT2D eigenvalue weighted by atomic mass is 35.5. The number of carbonyl (C=O) groups excluding carboxylic acids is 2. The molecule has 2 amide bonds. The molecule has 0 saturated carbocycles. The third kappa shape index (κ3) is 5.16. The van der Waals surface area contributed by atoms with Crippen LogP contribution in [-0.2, 0) is 16.2 Å². The lowest BCUT2D eigenvalue weighted by molar-refractivity contribution is -0.120. The Morgan fingerprint density at radius 3 is 1.76 bits per heavy atom. The van der Waals surface area contributed by atoms with Gasteiger partial charge < -0.3 is 4.74 Å². The Labute approximate surface area is 225 Å². The van der Waals surface area contributed by atoms with E-state index in [4.69, 9.17) is 28.6 Å². The van der Waals surface area contributed by atoms with Crippen LogP contribution in [0.25, 0.3) is 6.08 Å². The molecule has 1 aliphatic rings. The fourth-order valence-electron chi connectivity index (χ4n) is 3.94. The van der Waals surface area contributed by atoms with E-state index >= 15 is 0 Å². The van der Waals surface area contributed by atoms with E-state index in [-0.39, 0.29) is 10.7 Å². The first-order valence-corrected chi connectivity index (χ1v) is 12.3. The van der Waals surface area contributed by atoms with Gasteiger partial charge in [0.2, 0.25) is 0 Å². The first-order valence-electron chi connectivity index (χ1n) is 11.5. The number of hydrogen-bond donors (Lipinski definition) is 0. The second-order valence-electron chi connectivity index (χ2n) is 8.24. The lowest BCUT2D eigenvalue weighted by Gasteiger charge is -2.36. The Kier molecular flexibility index (Phi) is 7.12. The fraction of sp³-hybridized carbons (Fsp3) is 0.0333. The summed E-state index contributed by atoms with van der Waals surface area (Å²) in [6, 6.07) is 32.8. The molecule has 5 rings (SSSR count). The van der Waals surface area contributed by atoms with Crippen LogP contribution in [0.2, 0.25) is 5.02 Å². The average Bonchev–Trinajstić information content (AvgIpc) is 2.93. The number of benzene rings is 4. The summed E-state index contributed by atoms with van der Waals surface area (Å²) in [5.41, 5.74) is 2.73. The van der Waals surface area contributed by atoms with Gasteiger partial charge in [0.05, 0.1) is 11.4 Å². The SMILES string of the molecule is O=C1C(=Cc2ccc(OCc3ccccc3Cl)cc2)C(=O)N(c2ccccc2)C(=S)N1c1ccccc1. The molecular weight excluding hydrogens is 504 g/mol. The van der Waals surface area contributed by atoms with Crippen LogP contribution in [0.15, 0.2) is 115 Å². The maximum absolute atomic E-state index is 13.6. The van der Waals surface area contributed by atoms with E-state index in [0.29, 0.717) is 34.3 Å². The molecule has 0 bridgehead atoms. The van der Waals surface area contributed by atoms with Crippen LogP contribution in [0.4, 0.5) is 11.4 Å². The molecule has 0 atom stereocenters. The summed E-state index contributed by atoms with van der Waals surface area (Å²) in [5.74, 6) is -0.318. The summed E-state index contributed by atoms with van der Waals surface area (Å²) in [6.07, 6.45) is 1.58. The van der Waals surface area contributed by atoms with Crippen LogP contribution in [0, 0.1) is 0 Å². The molecule has 0 unspecified atom stereocenters. The number of rotatable bonds is 6. The molecule has 0 spiro atoms. The number of anilines is 2. The van der Waals surface area contributed by atoms with Gasteiger partial charge in [0.15, 0.2) is 5.11 Å². The van der Waals surface area contributed by atoms with Crippen LogP contribution < -0.4 is 14.5 Å². The number of nitrogens with zero attached hydrogens (tertiary/aromatic N) is 2. The Morgan fingerprint density at radius 1 is 0.703 bits per heavy atom. The summed E-state index contributed by atoms with van der Waals surface area (Å²) >= 11 is 11.8. The van der Waals surface area contributed by atoms with Crippen molar-refractivity contribution in [3.05, 3.63) is 131 Å². The minimum Gasteiger partial charge on any atom is -0.489 e. The third-order valence-electron chi connectivity index (χ3n) is 5.82. The second-order valence-corrected chi connectivity index (χ2v) is 9.01. The Hall–Kier alpha value is -4.26. The zero-order valence-electron chi connectivity index (χ0n) is 19.6. The quantitative estimate of drug-likeness (QED) is 0.161. The van der Waals surface area contributed by atoms with Gasteiger partial charge >= 0.3 is 0 Å². The number of halogens is 1. The fourth-order valence-corrected chi connectivity index (χ4v) is 4.51. The lowest BCUT2D eigenvalue weighted by Crippen LogP contribution is -2.56. The van der Waals surface area contributed by atoms with Gasteiger partial charge in [-0.05, 0) is 66.3 Å². The summed E-state index contributed by atoms with van der Waals surface area (Å²) in [5, 5.41) is 0.745. The molecule has 182 valence electrons. The Balaban J connectivity index is 1.45. The van der Waals surface area contributed by atoms with Crippen molar-refractivity contribution < 1.29 is 14.3 Å². The molecule has 0 aliphatic carbocycles. The van der Waals surface area contributed by atoms with E-state index in [9.17, 15) is 9.59 Å². The molecule has 0 aromatic heterocycles. The topological polar surface area (TPSA) is 49.9 Å². The predicted molar refractivity (Wildman–Crippen MR) is 151 cm³/mol. The Morgan fingerprint density at radius 2 is 1.22 bits per heavy atom. The monoisotopic (exact) mass is 524 g/mol. The molecule has 0 N–H and O–H groups in total. The number of ether oxygens (including phenoxy) is 1. The van der Waals surface area contributed by atoms with E-state index in [2.05, 4.69) is 0 Å². The number of hydrogen-bond acceptors (Lipinski definition) is 4. The van der Waals surface area contributed by atoms with Gasteiger partial charge in [0.1, 0.15) is 17.9 Å². The first-order chi connectivity index (χ1) is 18.0. The van der Waals surface area contributed by atoms with Crippen molar-refractivity contribution in [1.29, 1.82) is 0 Å². The van der Waals surface area contributed by atoms with Gasteiger partial charge in [-0.15, -0.1) is 0 Å². The van der Waals surface area contributed by atoms with Crippen LogP contribution in [0.5, 0.6) is 5.75 Å². The zero-order chi connectivity index (χ0) is 25.8. The summed E-state index contributed by atoms with van der Waals surface area (Å²) in [7, 11) is 0. The van der Waals surface area contributed by atoms with Crippen molar-refractivity contribution in [2.45, 2.75) is 6.61 Å². The third-order valence-corrected chi connectivity index (χ3v) is 6.56. The maximum atomic E-state index is 13.6. The molecule has 1 saturated heterocycles. The summed E-state index contributed by atoms with van der Waals surface area (Å²) in [4.78, 5) is 29.9. The highest BCUT2D eigenvalue weighted by Crippen LogP contribution is 2.30. The molecule has 37 heavy (non-hydrogen) atoms. The molecule has 1 fully saturated rings. The largest absolute Gasteiger partial charge is 0.489 e. The van der Waals surface area contributed by atoms with Crippen molar-refractivity contribution in [2.24, 2.45) is 0 Å². The van der Waals surface area contributed by atoms with Crippen molar-refractivity contribution in [2.75, 3.05) is 9.80 Å². The van der Waals surface area contributed by atoms with Crippen molar-refractivity contribution >= 4 is 58.2 Å². The van der Waals surface area contributed by atoms with Crippen molar-refractivity contribution in [1.82, 2.24) is 0 Å². The standard InChI is InChI=1S/C30H21ClN2O3S/c31-27-14-8-7-9-22(27)20-36-25-17-15-21(16-18-25)19-26-28(34)32(23-10-3-1-4-11-23)30(37)33(29(26)35)24-12-5-2-6-13-24/h1-19H,20H2. The number of carbonyl (C=O) groups is 2. The minimum absolute atomic E-state index is 0.00559. The zero-order valence-corrected chi connectivity index (χ0v) is 21.2. The molecule has 1 heterocycles. The molecule has 4 aromatic carbocycles. The molecule has 7 heteroatoms. The smallest absolute Gasteiger partial charge is 0.270 e. The van der Waals surface area contributed by atoms with E-state index in [1.165, 1.54) is 9.80 Å². The van der Waals surface area contributed by atoms with Crippen LogP contribution in [-0.4, -0.2) is 16.9 Å². The van der Waals surface area contributed by atoms with Gasteiger partial charge in [-0.3, -0.25) is 19.4 Å². The first kappa shape index (κ1) is 24.4. The molecule has 5 nitrogen and oxygen atoms in total. The number of thiocarbonyl (C=S) groups is 1. The summed E-state index contributed by atoms with van der Waals surface area (Å²) < 4.78 is 5.85. The van der Waals surface area contributed by atoms with E-state index < -0.39 is 11.8 Å². The van der Waals surface area contributed by atoms with Gasteiger partial charge in [-0.1, -0.05) is 78.3 Å². The van der Waals surface area contributed by atoms with E-state index in [1.54, 1.807) is 54.6 Å². The highest BCUT2D eigenvalue weighted by molar-refractivity contribution is 7.81. The molecule has 4 aromatic rings. The minimum atomic E-state index is -0.479.